The number of fused-ring (bicyclic) bond motifs is 1. The van der Waals surface area contributed by atoms with Crippen molar-refractivity contribution < 1.29 is 4.39 Å². The summed E-state index contributed by atoms with van der Waals surface area (Å²) >= 11 is 5.88. The molecule has 0 aliphatic heterocycles. The minimum atomic E-state index is -0.216. The van der Waals surface area contributed by atoms with Crippen molar-refractivity contribution in [3.05, 3.63) is 65.2 Å². The average molecular weight is 303 g/mol. The van der Waals surface area contributed by atoms with Gasteiger partial charge in [0.2, 0.25) is 0 Å². The van der Waals surface area contributed by atoms with Crippen molar-refractivity contribution in [3.63, 3.8) is 0 Å². The maximum absolute atomic E-state index is 13.4. The Morgan fingerprint density at radius 2 is 2.05 bits per heavy atom. The van der Waals surface area contributed by atoms with Gasteiger partial charge in [-0.15, -0.1) is 11.6 Å². The largest absolute Gasteiger partial charge is 0.323 e. The summed E-state index contributed by atoms with van der Waals surface area (Å²) in [6.45, 7) is 2.66. The van der Waals surface area contributed by atoms with Gasteiger partial charge in [0.05, 0.1) is 11.0 Å². The van der Waals surface area contributed by atoms with Crippen molar-refractivity contribution in [3.8, 4) is 0 Å². The molecule has 3 rings (SSSR count). The lowest BCUT2D eigenvalue weighted by molar-refractivity contribution is 0.623. The van der Waals surface area contributed by atoms with Gasteiger partial charge in [-0.1, -0.05) is 18.2 Å². The van der Waals surface area contributed by atoms with E-state index in [0.29, 0.717) is 18.8 Å². The second-order valence-corrected chi connectivity index (χ2v) is 5.55. The fourth-order valence-electron chi connectivity index (χ4n) is 2.55. The molecule has 2 aromatic carbocycles. The first kappa shape index (κ1) is 14.1. The molecule has 0 aliphatic carbocycles. The molecular weight excluding hydrogens is 287 g/mol. The van der Waals surface area contributed by atoms with Crippen molar-refractivity contribution in [2.24, 2.45) is 0 Å². The number of aryl methyl sites for hydroxylation is 2. The molecule has 0 amide bonds. The van der Waals surface area contributed by atoms with E-state index in [-0.39, 0.29) is 5.82 Å². The standard InChI is InChI=1S/C17H16ClFN2/c1-12-5-6-15-16(9-12)21(17(20-15)7-8-18)11-13-3-2-4-14(19)10-13/h2-6,9-10H,7-8,11H2,1H3. The molecular formula is C17H16ClFN2. The summed E-state index contributed by atoms with van der Waals surface area (Å²) in [5.41, 5.74) is 4.13. The quantitative estimate of drug-likeness (QED) is 0.657. The molecule has 1 heterocycles. The molecule has 21 heavy (non-hydrogen) atoms. The van der Waals surface area contributed by atoms with Crippen LogP contribution in [0.2, 0.25) is 0 Å². The first-order chi connectivity index (χ1) is 10.2. The van der Waals surface area contributed by atoms with Crippen LogP contribution in [0.15, 0.2) is 42.5 Å². The molecule has 0 fully saturated rings. The molecule has 0 N–H and O–H groups in total. The van der Waals surface area contributed by atoms with Gasteiger partial charge in [0, 0.05) is 18.8 Å². The first-order valence-corrected chi connectivity index (χ1v) is 7.47. The summed E-state index contributed by atoms with van der Waals surface area (Å²) in [7, 11) is 0. The third-order valence-electron chi connectivity index (χ3n) is 3.53. The number of hydrogen-bond donors (Lipinski definition) is 0. The van der Waals surface area contributed by atoms with E-state index in [1.807, 2.05) is 18.2 Å². The Balaban J connectivity index is 2.10. The van der Waals surface area contributed by atoms with Gasteiger partial charge in [0.25, 0.3) is 0 Å². The normalized spacial score (nSPS) is 11.2. The summed E-state index contributed by atoms with van der Waals surface area (Å²) in [4.78, 5) is 4.65. The molecule has 108 valence electrons. The maximum Gasteiger partial charge on any atom is 0.123 e. The zero-order chi connectivity index (χ0) is 14.8. The predicted octanol–water partition coefficient (Wildman–Crippen LogP) is 4.31. The average Bonchev–Trinajstić information content (AvgIpc) is 2.77. The van der Waals surface area contributed by atoms with Crippen LogP contribution in [0, 0.1) is 12.7 Å². The van der Waals surface area contributed by atoms with Gasteiger partial charge >= 0.3 is 0 Å². The maximum atomic E-state index is 13.4. The molecule has 2 nitrogen and oxygen atoms in total. The number of aromatic nitrogens is 2. The number of rotatable bonds is 4. The van der Waals surface area contributed by atoms with Crippen LogP contribution in [0.25, 0.3) is 11.0 Å². The summed E-state index contributed by atoms with van der Waals surface area (Å²) in [5.74, 6) is 1.24. The van der Waals surface area contributed by atoms with Crippen LogP contribution in [0.5, 0.6) is 0 Å². The number of nitrogens with zero attached hydrogens (tertiary/aromatic N) is 2. The molecule has 4 heteroatoms. The highest BCUT2D eigenvalue weighted by Crippen LogP contribution is 2.20. The Hall–Kier alpha value is -1.87. The van der Waals surface area contributed by atoms with E-state index < -0.39 is 0 Å². The highest BCUT2D eigenvalue weighted by Gasteiger charge is 2.11. The Bertz CT molecular complexity index is 780. The van der Waals surface area contributed by atoms with Gasteiger partial charge in [-0.3, -0.25) is 0 Å². The Labute approximate surface area is 128 Å². The van der Waals surface area contributed by atoms with E-state index in [9.17, 15) is 4.39 Å². The fraction of sp³-hybridized carbons (Fsp3) is 0.235. The van der Waals surface area contributed by atoms with E-state index in [4.69, 9.17) is 11.6 Å². The third kappa shape index (κ3) is 2.93. The van der Waals surface area contributed by atoms with E-state index >= 15 is 0 Å². The monoisotopic (exact) mass is 302 g/mol. The molecule has 0 atom stereocenters. The minimum absolute atomic E-state index is 0.216. The molecule has 0 spiro atoms. The van der Waals surface area contributed by atoms with E-state index in [1.54, 1.807) is 12.1 Å². The number of hydrogen-bond acceptors (Lipinski definition) is 1. The van der Waals surface area contributed by atoms with Crippen molar-refractivity contribution in [1.82, 2.24) is 9.55 Å². The predicted molar refractivity (Wildman–Crippen MR) is 84.4 cm³/mol. The Kier molecular flexibility index (Phi) is 3.93. The number of imidazole rings is 1. The molecule has 0 saturated heterocycles. The smallest absolute Gasteiger partial charge is 0.123 e. The number of benzene rings is 2. The third-order valence-corrected chi connectivity index (χ3v) is 3.72. The molecule has 0 bridgehead atoms. The lowest BCUT2D eigenvalue weighted by Crippen LogP contribution is -2.06. The van der Waals surface area contributed by atoms with Gasteiger partial charge in [0.15, 0.2) is 0 Å². The van der Waals surface area contributed by atoms with Gasteiger partial charge in [-0.25, -0.2) is 9.37 Å². The summed E-state index contributed by atoms with van der Waals surface area (Å²) in [5, 5.41) is 0. The Morgan fingerprint density at radius 1 is 1.19 bits per heavy atom. The minimum Gasteiger partial charge on any atom is -0.323 e. The summed E-state index contributed by atoms with van der Waals surface area (Å²) in [6.07, 6.45) is 0.699. The van der Waals surface area contributed by atoms with Gasteiger partial charge in [-0.2, -0.15) is 0 Å². The van der Waals surface area contributed by atoms with Crippen LogP contribution >= 0.6 is 11.6 Å². The van der Waals surface area contributed by atoms with Crippen LogP contribution < -0.4 is 0 Å². The number of alkyl halides is 1. The second kappa shape index (κ2) is 5.86. The van der Waals surface area contributed by atoms with Crippen molar-refractivity contribution >= 4 is 22.6 Å². The van der Waals surface area contributed by atoms with Crippen LogP contribution in [0.4, 0.5) is 4.39 Å². The SMILES string of the molecule is Cc1ccc2nc(CCCl)n(Cc3cccc(F)c3)c2c1. The van der Waals surface area contributed by atoms with Gasteiger partial charge in [-0.05, 0) is 42.3 Å². The first-order valence-electron chi connectivity index (χ1n) is 6.93. The lowest BCUT2D eigenvalue weighted by atomic mass is 10.2. The van der Waals surface area contributed by atoms with E-state index in [1.165, 1.54) is 11.6 Å². The van der Waals surface area contributed by atoms with E-state index in [0.717, 1.165) is 22.4 Å². The van der Waals surface area contributed by atoms with Crippen molar-refractivity contribution in [1.29, 1.82) is 0 Å². The zero-order valence-electron chi connectivity index (χ0n) is 11.8. The lowest BCUT2D eigenvalue weighted by Gasteiger charge is -2.09. The second-order valence-electron chi connectivity index (χ2n) is 5.18. The topological polar surface area (TPSA) is 17.8 Å². The van der Waals surface area contributed by atoms with Crippen LogP contribution in [-0.2, 0) is 13.0 Å². The summed E-state index contributed by atoms with van der Waals surface area (Å²) in [6, 6.07) is 12.9. The zero-order valence-corrected chi connectivity index (χ0v) is 12.6. The fourth-order valence-corrected chi connectivity index (χ4v) is 2.72. The van der Waals surface area contributed by atoms with Crippen LogP contribution in [-0.4, -0.2) is 15.4 Å². The van der Waals surface area contributed by atoms with E-state index in [2.05, 4.69) is 22.5 Å². The Morgan fingerprint density at radius 3 is 2.81 bits per heavy atom. The van der Waals surface area contributed by atoms with Crippen molar-refractivity contribution in [2.45, 2.75) is 19.9 Å². The van der Waals surface area contributed by atoms with Gasteiger partial charge < -0.3 is 4.57 Å². The molecule has 0 aliphatic rings. The molecule has 0 unspecified atom stereocenters. The molecule has 0 radical (unpaired) electrons. The highest BCUT2D eigenvalue weighted by molar-refractivity contribution is 6.17. The van der Waals surface area contributed by atoms with Crippen molar-refractivity contribution in [2.75, 3.05) is 5.88 Å². The molecule has 3 aromatic rings. The molecule has 0 saturated carbocycles. The molecule has 1 aromatic heterocycles. The number of halogens is 2. The van der Waals surface area contributed by atoms with Crippen LogP contribution in [0.1, 0.15) is 17.0 Å². The van der Waals surface area contributed by atoms with Crippen LogP contribution in [0.3, 0.4) is 0 Å². The highest BCUT2D eigenvalue weighted by atomic mass is 35.5. The summed E-state index contributed by atoms with van der Waals surface area (Å²) < 4.78 is 15.5. The van der Waals surface area contributed by atoms with Gasteiger partial charge in [0.1, 0.15) is 11.6 Å².